The van der Waals surface area contributed by atoms with Crippen molar-refractivity contribution < 1.29 is 19.1 Å². The van der Waals surface area contributed by atoms with Crippen molar-refractivity contribution in [1.29, 1.82) is 0 Å². The van der Waals surface area contributed by atoms with Gasteiger partial charge < -0.3 is 9.47 Å². The van der Waals surface area contributed by atoms with Crippen LogP contribution < -0.4 is 4.74 Å². The highest BCUT2D eigenvalue weighted by Crippen LogP contribution is 2.38. The van der Waals surface area contributed by atoms with Gasteiger partial charge in [-0.1, -0.05) is 53.0 Å². The molecule has 184 valence electrons. The molecular weight excluding hydrogens is 519 g/mol. The van der Waals surface area contributed by atoms with E-state index in [1.165, 1.54) is 29.3 Å². The van der Waals surface area contributed by atoms with Crippen LogP contribution in [0.2, 0.25) is 10.0 Å². The van der Waals surface area contributed by atoms with Gasteiger partial charge in [0.25, 0.3) is 5.91 Å². The molecule has 0 saturated carbocycles. The zero-order valence-corrected chi connectivity index (χ0v) is 22.1. The minimum atomic E-state index is -0.425. The normalized spacial score (nSPS) is 15.6. The fourth-order valence-electron chi connectivity index (χ4n) is 3.34. The Balaban J connectivity index is 1.51. The lowest BCUT2D eigenvalue weighted by Crippen LogP contribution is -2.23. The summed E-state index contributed by atoms with van der Waals surface area (Å²) >= 11 is 14.2. The molecule has 0 spiro atoms. The second kappa shape index (κ2) is 11.2. The number of aliphatic imine (C=N–C) groups is 1. The lowest BCUT2D eigenvalue weighted by atomic mass is 10.1. The number of esters is 1. The molecule has 1 aliphatic rings. The Kier molecular flexibility index (Phi) is 8.04. The average molecular weight is 541 g/mol. The molecule has 0 atom stereocenters. The number of methoxy groups -OCH3 is 1. The molecule has 9 heteroatoms. The van der Waals surface area contributed by atoms with E-state index < -0.39 is 5.97 Å². The van der Waals surface area contributed by atoms with Crippen molar-refractivity contribution in [2.45, 2.75) is 13.5 Å². The summed E-state index contributed by atoms with van der Waals surface area (Å²) in [5.74, 6) is -0.232. The molecule has 1 saturated heterocycles. The van der Waals surface area contributed by atoms with Crippen LogP contribution in [0.3, 0.4) is 0 Å². The molecule has 0 bridgehead atoms. The van der Waals surface area contributed by atoms with Crippen molar-refractivity contribution >= 4 is 63.8 Å². The molecule has 3 aromatic carbocycles. The number of amidine groups is 1. The predicted molar refractivity (Wildman–Crippen MR) is 145 cm³/mol. The minimum absolute atomic E-state index is 0.197. The molecule has 1 amide bonds. The summed E-state index contributed by atoms with van der Waals surface area (Å²) in [6.45, 7) is 2.36. The monoisotopic (exact) mass is 540 g/mol. The number of rotatable bonds is 6. The van der Waals surface area contributed by atoms with Crippen LogP contribution in [0.25, 0.3) is 6.08 Å². The van der Waals surface area contributed by atoms with Crippen molar-refractivity contribution in [3.8, 4) is 5.75 Å². The van der Waals surface area contributed by atoms with Crippen LogP contribution in [-0.4, -0.2) is 36.1 Å². The van der Waals surface area contributed by atoms with E-state index in [2.05, 4.69) is 4.99 Å². The van der Waals surface area contributed by atoms with Crippen LogP contribution in [0.5, 0.6) is 5.75 Å². The minimum Gasteiger partial charge on any atom is -0.486 e. The molecule has 36 heavy (non-hydrogen) atoms. The molecular formula is C27H22Cl2N2O4S. The van der Waals surface area contributed by atoms with Crippen molar-refractivity contribution in [2.75, 3.05) is 14.2 Å². The predicted octanol–water partition coefficient (Wildman–Crippen LogP) is 6.90. The second-order valence-corrected chi connectivity index (χ2v) is 9.82. The van der Waals surface area contributed by atoms with Crippen molar-refractivity contribution in [2.24, 2.45) is 4.99 Å². The quantitative estimate of drug-likeness (QED) is 0.251. The van der Waals surface area contributed by atoms with Crippen molar-refractivity contribution in [3.63, 3.8) is 0 Å². The summed E-state index contributed by atoms with van der Waals surface area (Å²) in [6, 6.07) is 18.0. The van der Waals surface area contributed by atoms with Crippen LogP contribution in [0.1, 0.15) is 27.0 Å². The third-order valence-corrected chi connectivity index (χ3v) is 6.96. The Morgan fingerprint density at radius 3 is 2.31 bits per heavy atom. The fourth-order valence-corrected chi connectivity index (χ4v) is 4.94. The van der Waals surface area contributed by atoms with Gasteiger partial charge in [0.2, 0.25) is 0 Å². The van der Waals surface area contributed by atoms with E-state index in [-0.39, 0.29) is 5.91 Å². The van der Waals surface area contributed by atoms with Gasteiger partial charge in [-0.2, -0.15) is 0 Å². The zero-order valence-electron chi connectivity index (χ0n) is 19.7. The van der Waals surface area contributed by atoms with E-state index in [9.17, 15) is 9.59 Å². The number of hydrogen-bond acceptors (Lipinski definition) is 6. The van der Waals surface area contributed by atoms with Gasteiger partial charge in [0.05, 0.1) is 33.3 Å². The number of nitrogens with zero attached hydrogens (tertiary/aromatic N) is 2. The molecule has 4 rings (SSSR count). The fraction of sp³-hybridized carbons (Fsp3) is 0.148. The SMILES string of the molecule is COC(=O)c1ccc(N=C2SC(=Cc3cc(Cl)c(OCc4ccc(C)cc4)c(Cl)c3)C(=O)N2C)cc1. The number of ether oxygens (including phenoxy) is 2. The van der Waals surface area contributed by atoms with Gasteiger partial charge in [-0.25, -0.2) is 9.79 Å². The number of carbonyl (C=O) groups excluding carboxylic acids is 2. The summed E-state index contributed by atoms with van der Waals surface area (Å²) in [5.41, 5.74) is 3.86. The number of benzene rings is 3. The maximum absolute atomic E-state index is 12.8. The Morgan fingerprint density at radius 2 is 1.69 bits per heavy atom. The van der Waals surface area contributed by atoms with Gasteiger partial charge in [-0.15, -0.1) is 0 Å². The van der Waals surface area contributed by atoms with Crippen LogP contribution in [0.15, 0.2) is 70.6 Å². The zero-order chi connectivity index (χ0) is 25.8. The van der Waals surface area contributed by atoms with Gasteiger partial charge in [-0.3, -0.25) is 9.69 Å². The molecule has 6 nitrogen and oxygen atoms in total. The Hall–Kier alpha value is -3.26. The lowest BCUT2D eigenvalue weighted by Gasteiger charge is -2.11. The van der Waals surface area contributed by atoms with E-state index in [1.54, 1.807) is 49.5 Å². The number of likely N-dealkylation sites (N-methyl/N-ethyl adjacent to an activating group) is 1. The Morgan fingerprint density at radius 1 is 1.06 bits per heavy atom. The molecule has 1 aliphatic heterocycles. The first kappa shape index (κ1) is 25.8. The number of halogens is 2. The van der Waals surface area contributed by atoms with Gasteiger partial charge in [0.15, 0.2) is 10.9 Å². The summed E-state index contributed by atoms with van der Waals surface area (Å²) in [4.78, 5) is 30.9. The van der Waals surface area contributed by atoms with Gasteiger partial charge in [0.1, 0.15) is 6.61 Å². The molecule has 3 aromatic rings. The van der Waals surface area contributed by atoms with E-state index in [0.717, 1.165) is 5.56 Å². The van der Waals surface area contributed by atoms with Gasteiger partial charge >= 0.3 is 5.97 Å². The van der Waals surface area contributed by atoms with Crippen LogP contribution in [0, 0.1) is 6.92 Å². The van der Waals surface area contributed by atoms with E-state index in [1.807, 2.05) is 31.2 Å². The van der Waals surface area contributed by atoms with E-state index >= 15 is 0 Å². The van der Waals surface area contributed by atoms with Crippen molar-refractivity contribution in [1.82, 2.24) is 4.90 Å². The molecule has 0 aliphatic carbocycles. The first-order chi connectivity index (χ1) is 17.2. The summed E-state index contributed by atoms with van der Waals surface area (Å²) < 4.78 is 10.6. The lowest BCUT2D eigenvalue weighted by molar-refractivity contribution is -0.121. The first-order valence-electron chi connectivity index (χ1n) is 10.9. The number of hydrogen-bond donors (Lipinski definition) is 0. The topological polar surface area (TPSA) is 68.2 Å². The smallest absolute Gasteiger partial charge is 0.337 e. The van der Waals surface area contributed by atoms with Crippen molar-refractivity contribution in [3.05, 3.63) is 97.9 Å². The first-order valence-corrected chi connectivity index (χ1v) is 12.4. The number of amides is 1. The molecule has 0 unspecified atom stereocenters. The number of thioether (sulfide) groups is 1. The van der Waals surface area contributed by atoms with Crippen LogP contribution in [0.4, 0.5) is 5.69 Å². The highest BCUT2D eigenvalue weighted by atomic mass is 35.5. The maximum atomic E-state index is 12.8. The molecule has 0 aromatic heterocycles. The number of carbonyl (C=O) groups is 2. The number of aryl methyl sites for hydroxylation is 1. The van der Waals surface area contributed by atoms with Crippen LogP contribution >= 0.6 is 35.0 Å². The highest BCUT2D eigenvalue weighted by molar-refractivity contribution is 8.18. The van der Waals surface area contributed by atoms with Gasteiger partial charge in [0, 0.05) is 7.05 Å². The Bertz CT molecular complexity index is 1350. The molecule has 1 fully saturated rings. The third-order valence-electron chi connectivity index (χ3n) is 5.34. The maximum Gasteiger partial charge on any atom is 0.337 e. The van der Waals surface area contributed by atoms with Gasteiger partial charge in [-0.05, 0) is 72.3 Å². The summed E-state index contributed by atoms with van der Waals surface area (Å²) in [5, 5.41) is 1.21. The molecule has 0 radical (unpaired) electrons. The third kappa shape index (κ3) is 5.93. The summed E-state index contributed by atoms with van der Waals surface area (Å²) in [7, 11) is 2.98. The second-order valence-electron chi connectivity index (χ2n) is 8.00. The Labute approximate surface area is 223 Å². The standard InChI is InChI=1S/C27H22Cl2N2O4S/c1-16-4-6-17(7-5-16)15-35-24-21(28)12-18(13-22(24)29)14-23-25(32)31(2)27(36-23)30-20-10-8-19(9-11-20)26(33)34-3/h4-14H,15H2,1-3H3. The summed E-state index contributed by atoms with van der Waals surface area (Å²) in [6.07, 6.45) is 1.72. The average Bonchev–Trinajstić information content (AvgIpc) is 3.12. The largest absolute Gasteiger partial charge is 0.486 e. The molecule has 1 heterocycles. The molecule has 0 N–H and O–H groups in total. The van der Waals surface area contributed by atoms with E-state index in [0.29, 0.717) is 49.3 Å². The highest BCUT2D eigenvalue weighted by Gasteiger charge is 2.30. The van der Waals surface area contributed by atoms with E-state index in [4.69, 9.17) is 32.7 Å². The van der Waals surface area contributed by atoms with Crippen LogP contribution in [-0.2, 0) is 16.1 Å².